The molecule has 1 aromatic heterocycles. The molecule has 2 heterocycles. The Bertz CT molecular complexity index is 818. The maximum atomic E-state index is 12.5. The molecule has 0 atom stereocenters. The Labute approximate surface area is 247 Å². The molecule has 0 saturated carbocycles. The zero-order valence-corrected chi connectivity index (χ0v) is 25.5. The van der Waals surface area contributed by atoms with E-state index in [4.69, 9.17) is 0 Å². The summed E-state index contributed by atoms with van der Waals surface area (Å²) in [5.41, 5.74) is 0.367. The second-order valence-electron chi connectivity index (χ2n) is 11.4. The standard InChI is InChI=1S/C31H54N5O5/c1-2-21-33-23-25-34(26-24-33)30-20-19-29(28-32-30)31(37)35(38)22-17-15-13-11-9-7-5-3-4-6-8-10-12-14-16-18-27-41-36(39)40/h19-20,28H,2-18,21-27H2,1H3/q-1. The first-order chi connectivity index (χ1) is 20.0. The first kappa shape index (κ1) is 34.7. The molecule has 0 bridgehead atoms. The highest BCUT2D eigenvalue weighted by Gasteiger charge is 2.18. The van der Waals surface area contributed by atoms with Gasteiger partial charge in [0.15, 0.2) is 0 Å². The predicted molar refractivity (Wildman–Crippen MR) is 164 cm³/mol. The lowest BCUT2D eigenvalue weighted by molar-refractivity contribution is -0.757. The van der Waals surface area contributed by atoms with E-state index in [9.17, 15) is 20.1 Å². The zero-order valence-electron chi connectivity index (χ0n) is 25.5. The van der Waals surface area contributed by atoms with Crippen molar-refractivity contribution in [3.63, 3.8) is 0 Å². The van der Waals surface area contributed by atoms with Crippen molar-refractivity contribution in [3.05, 3.63) is 39.2 Å². The number of amides is 1. The minimum Gasteiger partial charge on any atom is -0.756 e. The van der Waals surface area contributed by atoms with Crippen LogP contribution in [0, 0.1) is 15.3 Å². The van der Waals surface area contributed by atoms with Gasteiger partial charge in [-0.1, -0.05) is 96.8 Å². The molecular weight excluding hydrogens is 522 g/mol. The molecule has 0 spiro atoms. The lowest BCUT2D eigenvalue weighted by Crippen LogP contribution is -2.46. The Morgan fingerprint density at radius 1 is 0.854 bits per heavy atom. The van der Waals surface area contributed by atoms with Gasteiger partial charge >= 0.3 is 0 Å². The number of hydrogen-bond donors (Lipinski definition) is 0. The Kier molecular flexibility index (Phi) is 18.8. The first-order valence-corrected chi connectivity index (χ1v) is 16.2. The summed E-state index contributed by atoms with van der Waals surface area (Å²) in [5, 5.41) is 22.3. The van der Waals surface area contributed by atoms with Crippen LogP contribution < -0.4 is 4.90 Å². The van der Waals surface area contributed by atoms with Crippen molar-refractivity contribution < 1.29 is 14.7 Å². The van der Waals surface area contributed by atoms with Crippen LogP contribution in [0.1, 0.15) is 126 Å². The van der Waals surface area contributed by atoms with E-state index >= 15 is 0 Å². The Morgan fingerprint density at radius 2 is 1.37 bits per heavy atom. The molecule has 1 aromatic rings. The summed E-state index contributed by atoms with van der Waals surface area (Å²) in [6.07, 6.45) is 21.1. The average Bonchev–Trinajstić information content (AvgIpc) is 2.98. The van der Waals surface area contributed by atoms with Crippen molar-refractivity contribution in [3.8, 4) is 0 Å². The number of pyridine rings is 1. The molecule has 2 rings (SSSR count). The van der Waals surface area contributed by atoms with Crippen LogP contribution >= 0.6 is 0 Å². The van der Waals surface area contributed by atoms with E-state index in [2.05, 4.69) is 26.5 Å². The predicted octanol–water partition coefficient (Wildman–Crippen LogP) is 7.00. The normalized spacial score (nSPS) is 13.9. The van der Waals surface area contributed by atoms with Gasteiger partial charge in [-0.3, -0.25) is 9.69 Å². The summed E-state index contributed by atoms with van der Waals surface area (Å²) in [6.45, 7) is 7.74. The van der Waals surface area contributed by atoms with E-state index in [-0.39, 0.29) is 13.2 Å². The SMILES string of the molecule is CCCN1CCN(c2ccc(C(=O)N([O-])CCCCCCCCCCCCCCCCCCO[N+](=O)[O-])cn2)CC1. The number of piperazine rings is 1. The fourth-order valence-corrected chi connectivity index (χ4v) is 5.43. The third kappa shape index (κ3) is 15.9. The maximum Gasteiger partial charge on any atom is 0.294 e. The van der Waals surface area contributed by atoms with Gasteiger partial charge in [0.1, 0.15) is 5.82 Å². The van der Waals surface area contributed by atoms with Crippen LogP contribution in [-0.4, -0.2) is 71.8 Å². The second kappa shape index (κ2) is 22.2. The highest BCUT2D eigenvalue weighted by atomic mass is 16.9. The van der Waals surface area contributed by atoms with Crippen molar-refractivity contribution in [2.75, 3.05) is 50.8 Å². The third-order valence-electron chi connectivity index (χ3n) is 7.91. The Hall–Kier alpha value is -2.46. The van der Waals surface area contributed by atoms with Gasteiger partial charge in [0.2, 0.25) is 5.91 Å². The van der Waals surface area contributed by atoms with Crippen molar-refractivity contribution in [2.24, 2.45) is 0 Å². The molecule has 0 unspecified atom stereocenters. The van der Waals surface area contributed by atoms with E-state index < -0.39 is 11.0 Å². The number of aromatic nitrogens is 1. The average molecular weight is 577 g/mol. The quantitative estimate of drug-likeness (QED) is 0.0733. The Morgan fingerprint density at radius 3 is 1.83 bits per heavy atom. The van der Waals surface area contributed by atoms with Crippen LogP contribution in [0.4, 0.5) is 5.82 Å². The molecule has 1 amide bonds. The van der Waals surface area contributed by atoms with E-state index in [1.54, 1.807) is 12.3 Å². The van der Waals surface area contributed by atoms with Gasteiger partial charge < -0.3 is 20.0 Å². The number of nitrogens with zero attached hydrogens (tertiary/aromatic N) is 5. The molecule has 10 nitrogen and oxygen atoms in total. The summed E-state index contributed by atoms with van der Waals surface area (Å²) in [4.78, 5) is 36.1. The fourth-order valence-electron chi connectivity index (χ4n) is 5.43. The summed E-state index contributed by atoms with van der Waals surface area (Å²) >= 11 is 0. The number of rotatable bonds is 24. The number of carbonyl (C=O) groups is 1. The molecule has 234 valence electrons. The zero-order chi connectivity index (χ0) is 29.5. The largest absolute Gasteiger partial charge is 0.756 e. The second-order valence-corrected chi connectivity index (χ2v) is 11.4. The molecule has 0 aromatic carbocycles. The monoisotopic (exact) mass is 576 g/mol. The maximum absolute atomic E-state index is 12.5. The van der Waals surface area contributed by atoms with Crippen LogP contribution in [-0.2, 0) is 4.84 Å². The highest BCUT2D eigenvalue weighted by Crippen LogP contribution is 2.17. The molecule has 0 N–H and O–H groups in total. The minimum atomic E-state index is -0.718. The number of carbonyl (C=O) groups excluding carboxylic acids is 1. The van der Waals surface area contributed by atoms with E-state index in [1.165, 1.54) is 70.6 Å². The highest BCUT2D eigenvalue weighted by molar-refractivity contribution is 5.94. The molecule has 1 aliphatic rings. The van der Waals surface area contributed by atoms with Crippen LogP contribution in [0.5, 0.6) is 0 Å². The van der Waals surface area contributed by atoms with E-state index in [0.29, 0.717) is 10.6 Å². The summed E-state index contributed by atoms with van der Waals surface area (Å²) in [6, 6.07) is 3.60. The molecule has 1 saturated heterocycles. The summed E-state index contributed by atoms with van der Waals surface area (Å²) < 4.78 is 0. The number of hydrogen-bond acceptors (Lipinski definition) is 8. The first-order valence-electron chi connectivity index (χ1n) is 16.2. The molecular formula is C31H54N5O5-. The minimum absolute atomic E-state index is 0.220. The van der Waals surface area contributed by atoms with Crippen molar-refractivity contribution in [1.29, 1.82) is 0 Å². The Balaban J connectivity index is 1.39. The smallest absolute Gasteiger partial charge is 0.294 e. The van der Waals surface area contributed by atoms with Crippen LogP contribution in [0.3, 0.4) is 0 Å². The van der Waals surface area contributed by atoms with Crippen molar-refractivity contribution >= 4 is 11.7 Å². The fraction of sp³-hybridized carbons (Fsp3) is 0.806. The van der Waals surface area contributed by atoms with Gasteiger partial charge in [-0.05, 0) is 37.9 Å². The molecule has 1 aliphatic heterocycles. The van der Waals surface area contributed by atoms with Gasteiger partial charge in [0, 0.05) is 38.9 Å². The van der Waals surface area contributed by atoms with E-state index in [0.717, 1.165) is 77.1 Å². The molecule has 1 fully saturated rings. The van der Waals surface area contributed by atoms with Gasteiger partial charge in [0.05, 0.1) is 12.2 Å². The molecule has 0 radical (unpaired) electrons. The molecule has 0 aliphatic carbocycles. The lowest BCUT2D eigenvalue weighted by atomic mass is 10.0. The third-order valence-corrected chi connectivity index (χ3v) is 7.91. The number of unbranched alkanes of at least 4 members (excludes halogenated alkanes) is 15. The van der Waals surface area contributed by atoms with Crippen LogP contribution in [0.15, 0.2) is 18.3 Å². The van der Waals surface area contributed by atoms with Crippen LogP contribution in [0.2, 0.25) is 0 Å². The number of hydroxylamine groups is 2. The van der Waals surface area contributed by atoms with Gasteiger partial charge in [-0.25, -0.2) is 4.98 Å². The van der Waals surface area contributed by atoms with Gasteiger partial charge in [0.25, 0.3) is 5.09 Å². The van der Waals surface area contributed by atoms with E-state index in [1.807, 2.05) is 6.07 Å². The molecule has 41 heavy (non-hydrogen) atoms. The van der Waals surface area contributed by atoms with Crippen LogP contribution in [0.25, 0.3) is 0 Å². The molecule has 10 heteroatoms. The van der Waals surface area contributed by atoms with Crippen molar-refractivity contribution in [1.82, 2.24) is 14.9 Å². The van der Waals surface area contributed by atoms with Gasteiger partial charge in [-0.15, -0.1) is 10.1 Å². The van der Waals surface area contributed by atoms with Gasteiger partial charge in [-0.2, -0.15) is 0 Å². The summed E-state index contributed by atoms with van der Waals surface area (Å²) in [7, 11) is 0. The topological polar surface area (TPSA) is 115 Å². The number of anilines is 1. The lowest BCUT2D eigenvalue weighted by Gasteiger charge is -2.35. The summed E-state index contributed by atoms with van der Waals surface area (Å²) in [5.74, 6) is 0.386. The van der Waals surface area contributed by atoms with Crippen molar-refractivity contribution in [2.45, 2.75) is 116 Å².